The molecule has 0 saturated carbocycles. The Morgan fingerprint density at radius 2 is 2.08 bits per heavy atom. The molecule has 0 aliphatic carbocycles. The minimum absolute atomic E-state index is 0.298. The van der Waals surface area contributed by atoms with E-state index >= 15 is 0 Å². The molecular weight excluding hydrogens is 177 g/mol. The van der Waals surface area contributed by atoms with Crippen LogP contribution in [0.3, 0.4) is 0 Å². The Labute approximate surface area is 85.8 Å². The zero-order chi connectivity index (χ0) is 11.5. The minimum atomic E-state index is -1.56. The molecule has 0 saturated heterocycles. The van der Waals surface area contributed by atoms with E-state index in [-0.39, 0.29) is 0 Å². The molecule has 0 fully saturated rings. The molecular formula is C11H18NP. The maximum Gasteiger partial charge on any atom is 0.0773 e. The summed E-state index contributed by atoms with van der Waals surface area (Å²) in [7, 11) is -1.56. The molecule has 2 heteroatoms. The molecule has 0 heterocycles. The van der Waals surface area contributed by atoms with Crippen molar-refractivity contribution in [3.63, 3.8) is 0 Å². The van der Waals surface area contributed by atoms with Gasteiger partial charge in [-0.25, -0.2) is 0 Å². The van der Waals surface area contributed by atoms with Crippen LogP contribution >= 0.6 is 9.28 Å². The topological polar surface area (TPSA) is 12.0 Å². The van der Waals surface area contributed by atoms with Gasteiger partial charge in [0.05, 0.1) is 2.56 Å². The Hall–Kier alpha value is -0.550. The van der Waals surface area contributed by atoms with Crippen LogP contribution in [0.25, 0.3) is 0 Å². The molecule has 0 amide bonds. The molecule has 0 aromatic heterocycles. The lowest BCUT2D eigenvalue weighted by molar-refractivity contribution is 0.411. The maximum absolute atomic E-state index is 7.13. The van der Waals surface area contributed by atoms with Crippen LogP contribution < -0.4 is 5.09 Å². The molecule has 1 rings (SSSR count). The first-order valence-corrected chi connectivity index (χ1v) is 4.95. The van der Waals surface area contributed by atoms with E-state index in [0.29, 0.717) is 5.41 Å². The summed E-state index contributed by atoms with van der Waals surface area (Å²) in [6.07, 6.45) is 1.05. The summed E-state index contributed by atoms with van der Waals surface area (Å²) >= 11 is 0. The van der Waals surface area contributed by atoms with Crippen LogP contribution in [0.2, 0.25) is 0 Å². The average Bonchev–Trinajstić information content (AvgIpc) is 2.05. The van der Waals surface area contributed by atoms with Crippen LogP contribution in [0.4, 0.5) is 5.69 Å². The predicted octanol–water partition coefficient (Wildman–Crippen LogP) is 3.48. The molecule has 1 aromatic carbocycles. The van der Waals surface area contributed by atoms with E-state index in [9.17, 15) is 0 Å². The number of benzene rings is 1. The van der Waals surface area contributed by atoms with Crippen LogP contribution in [0.5, 0.6) is 0 Å². The monoisotopic (exact) mass is 198 g/mol. The predicted molar refractivity (Wildman–Crippen MR) is 62.9 cm³/mol. The Morgan fingerprint density at radius 1 is 1.46 bits per heavy atom. The molecule has 1 nitrogen and oxygen atoms in total. The van der Waals surface area contributed by atoms with Crippen molar-refractivity contribution in [2.75, 3.05) is 5.09 Å². The lowest BCUT2D eigenvalue weighted by Gasteiger charge is -2.18. The summed E-state index contributed by atoms with van der Waals surface area (Å²) in [6.45, 7) is 6.64. The third kappa shape index (κ3) is 3.78. The molecule has 72 valence electrons. The maximum atomic E-state index is 7.13. The fourth-order valence-corrected chi connectivity index (χ4v) is 1.46. The highest BCUT2D eigenvalue weighted by Crippen LogP contribution is 2.21. The van der Waals surface area contributed by atoms with Crippen LogP contribution in [0.15, 0.2) is 24.3 Å². The summed E-state index contributed by atoms with van der Waals surface area (Å²) < 4.78 is 14.3. The quantitative estimate of drug-likeness (QED) is 0.733. The number of rotatable bonds is 3. The van der Waals surface area contributed by atoms with Crippen molar-refractivity contribution in [3.8, 4) is 0 Å². The van der Waals surface area contributed by atoms with E-state index in [4.69, 9.17) is 2.56 Å². The van der Waals surface area contributed by atoms with Gasteiger partial charge in [0.15, 0.2) is 0 Å². The lowest BCUT2D eigenvalue weighted by Crippen LogP contribution is -2.08. The highest BCUT2D eigenvalue weighted by Gasteiger charge is 2.10. The fourth-order valence-electron chi connectivity index (χ4n) is 1.31. The number of nitrogens with one attached hydrogen (secondary N) is 1. The van der Waals surface area contributed by atoms with Crippen molar-refractivity contribution in [2.45, 2.75) is 27.2 Å². The van der Waals surface area contributed by atoms with Gasteiger partial charge in [-0.15, -0.1) is 0 Å². The standard InChI is InChI=1S/C11H18NP/c1-11(2,3)8-9-4-6-10(12-13)7-5-9/h4-7,12H,8,13H2,1-3H3/i13TD. The van der Waals surface area contributed by atoms with Crippen molar-refractivity contribution in [1.29, 1.82) is 2.56 Å². The number of hydrogen-bond donors (Lipinski definition) is 1. The minimum Gasteiger partial charge on any atom is -0.369 e. The van der Waals surface area contributed by atoms with Gasteiger partial charge in [-0.3, -0.25) is 0 Å². The first-order valence-electron chi connectivity index (χ1n) is 5.40. The zero-order valence-corrected chi connectivity index (χ0v) is 9.36. The molecule has 1 aromatic rings. The Kier molecular flexibility index (Phi) is 2.47. The second-order valence-corrected chi connectivity index (χ2v) is 4.77. The van der Waals surface area contributed by atoms with Crippen molar-refractivity contribution in [3.05, 3.63) is 29.8 Å². The molecule has 0 aliphatic heterocycles. The summed E-state index contributed by atoms with van der Waals surface area (Å²) in [5.41, 5.74) is 2.46. The molecule has 0 bridgehead atoms. The van der Waals surface area contributed by atoms with Crippen molar-refractivity contribution in [1.82, 2.24) is 0 Å². The average molecular weight is 198 g/mol. The van der Waals surface area contributed by atoms with E-state index in [2.05, 4.69) is 38.0 Å². The molecule has 13 heavy (non-hydrogen) atoms. The second kappa shape index (κ2) is 4.11. The van der Waals surface area contributed by atoms with Gasteiger partial charge in [0.25, 0.3) is 0 Å². The van der Waals surface area contributed by atoms with Crippen LogP contribution in [0, 0.1) is 5.41 Å². The van der Waals surface area contributed by atoms with Gasteiger partial charge in [-0.05, 0) is 38.8 Å². The number of anilines is 1. The van der Waals surface area contributed by atoms with E-state index in [1.807, 2.05) is 12.1 Å². The highest BCUT2D eigenvalue weighted by atomic mass is 31.0. The Morgan fingerprint density at radius 3 is 2.54 bits per heavy atom. The van der Waals surface area contributed by atoms with Crippen molar-refractivity contribution >= 4 is 15.0 Å². The highest BCUT2D eigenvalue weighted by molar-refractivity contribution is 7.18. The molecule has 1 N–H and O–H groups in total. The van der Waals surface area contributed by atoms with Crippen LogP contribution in [-0.4, -0.2) is 2.56 Å². The Balaban J connectivity index is 2.64. The van der Waals surface area contributed by atoms with E-state index in [0.717, 1.165) is 12.1 Å². The van der Waals surface area contributed by atoms with E-state index in [1.54, 1.807) is 0 Å². The smallest absolute Gasteiger partial charge is 0.0773 e. The molecule has 0 radical (unpaired) electrons. The second-order valence-electron chi connectivity index (χ2n) is 4.55. The fraction of sp³-hybridized carbons (Fsp3) is 0.455. The van der Waals surface area contributed by atoms with Gasteiger partial charge in [0.2, 0.25) is 0 Å². The zero-order valence-electron chi connectivity index (χ0n) is 10.5. The third-order valence-corrected chi connectivity index (χ3v) is 2.08. The van der Waals surface area contributed by atoms with E-state index < -0.39 is 9.28 Å². The SMILES string of the molecule is [2H]P([3H])Nc1ccc(CC(C)(C)C)cc1. The lowest BCUT2D eigenvalue weighted by atomic mass is 9.88. The van der Waals surface area contributed by atoms with Gasteiger partial charge < -0.3 is 5.09 Å². The van der Waals surface area contributed by atoms with Crippen LogP contribution in [-0.2, 0) is 6.42 Å². The number of hydrogen-bond acceptors (Lipinski definition) is 1. The van der Waals surface area contributed by atoms with Gasteiger partial charge in [-0.2, -0.15) is 0 Å². The summed E-state index contributed by atoms with van der Waals surface area (Å²) in [5.74, 6) is 0. The molecule has 0 spiro atoms. The summed E-state index contributed by atoms with van der Waals surface area (Å²) in [4.78, 5) is 0. The first kappa shape index (κ1) is 7.82. The first-order chi connectivity index (χ1) is 6.87. The molecule has 1 atom stereocenters. The third-order valence-electron chi connectivity index (χ3n) is 1.82. The largest absolute Gasteiger partial charge is 0.369 e. The Bertz CT molecular complexity index is 303. The van der Waals surface area contributed by atoms with Gasteiger partial charge in [-0.1, -0.05) is 32.9 Å². The normalized spacial score (nSPS) is 15.9. The van der Waals surface area contributed by atoms with Gasteiger partial charge in [0, 0.05) is 5.69 Å². The molecule has 0 aliphatic rings. The van der Waals surface area contributed by atoms with Gasteiger partial charge in [0.1, 0.15) is 0 Å². The molecule has 1 unspecified atom stereocenters. The van der Waals surface area contributed by atoms with Crippen molar-refractivity contribution < 1.29 is 0 Å². The van der Waals surface area contributed by atoms with Crippen molar-refractivity contribution in [2.24, 2.45) is 5.41 Å². The van der Waals surface area contributed by atoms with Gasteiger partial charge >= 0.3 is 0 Å². The summed E-state index contributed by atoms with van der Waals surface area (Å²) in [6, 6.07) is 8.01. The van der Waals surface area contributed by atoms with Crippen LogP contribution in [0.1, 0.15) is 26.3 Å². The summed E-state index contributed by atoms with van der Waals surface area (Å²) in [5, 5.41) is 2.79. The van der Waals surface area contributed by atoms with E-state index in [1.165, 1.54) is 5.56 Å².